The molecular formula is C22H35N3O4S. The third kappa shape index (κ3) is 6.54. The van der Waals surface area contributed by atoms with Gasteiger partial charge in [-0.1, -0.05) is 12.1 Å². The Morgan fingerprint density at radius 2 is 1.87 bits per heavy atom. The van der Waals surface area contributed by atoms with Gasteiger partial charge in [0.25, 0.3) is 0 Å². The average Bonchev–Trinajstić information content (AvgIpc) is 2.70. The standard InChI is InChI=1S/C22H35N3O4S/c1-5-25(20-8-6-7-17(15-20)16-26)14-13-23-21(27)18-9-11-19(12-10-18)24-30(28,29)22(2,3)4/h6-8,15-16,18-19,24H,5,9-14H2,1-4H3,(H,23,27). The van der Waals surface area contributed by atoms with E-state index in [1.165, 1.54) is 0 Å². The van der Waals surface area contributed by atoms with E-state index in [1.807, 2.05) is 25.1 Å². The first-order valence-electron chi connectivity index (χ1n) is 10.7. The summed E-state index contributed by atoms with van der Waals surface area (Å²) in [6.45, 7) is 9.04. The highest BCUT2D eigenvalue weighted by atomic mass is 32.2. The lowest BCUT2D eigenvalue weighted by Crippen LogP contribution is -2.47. The number of rotatable bonds is 9. The van der Waals surface area contributed by atoms with Crippen molar-refractivity contribution in [1.29, 1.82) is 0 Å². The third-order valence-electron chi connectivity index (χ3n) is 5.66. The van der Waals surface area contributed by atoms with E-state index >= 15 is 0 Å². The maximum atomic E-state index is 12.5. The average molecular weight is 438 g/mol. The van der Waals surface area contributed by atoms with Gasteiger partial charge in [-0.25, -0.2) is 13.1 Å². The Hall–Kier alpha value is -1.93. The summed E-state index contributed by atoms with van der Waals surface area (Å²) in [5, 5.41) is 3.01. The summed E-state index contributed by atoms with van der Waals surface area (Å²) < 4.78 is 26.6. The number of hydrogen-bond donors (Lipinski definition) is 2. The lowest BCUT2D eigenvalue weighted by molar-refractivity contribution is -0.125. The molecule has 0 bridgehead atoms. The zero-order valence-electron chi connectivity index (χ0n) is 18.5. The molecule has 1 aliphatic rings. The second kappa shape index (κ2) is 10.4. The van der Waals surface area contributed by atoms with Crippen LogP contribution in [0.4, 0.5) is 5.69 Å². The summed E-state index contributed by atoms with van der Waals surface area (Å²) in [5.41, 5.74) is 1.59. The van der Waals surface area contributed by atoms with Crippen LogP contribution in [0.2, 0.25) is 0 Å². The van der Waals surface area contributed by atoms with Crippen LogP contribution in [0.1, 0.15) is 63.7 Å². The van der Waals surface area contributed by atoms with Crippen LogP contribution in [0.15, 0.2) is 24.3 Å². The van der Waals surface area contributed by atoms with Gasteiger partial charge in [0, 0.05) is 42.8 Å². The van der Waals surface area contributed by atoms with E-state index in [4.69, 9.17) is 0 Å². The van der Waals surface area contributed by atoms with Crippen molar-refractivity contribution in [2.75, 3.05) is 24.5 Å². The second-order valence-corrected chi connectivity index (χ2v) is 11.3. The molecule has 1 aliphatic carbocycles. The summed E-state index contributed by atoms with van der Waals surface area (Å²) in [5.74, 6) is -0.0429. The molecule has 0 aliphatic heterocycles. The van der Waals surface area contributed by atoms with Crippen molar-refractivity contribution < 1.29 is 18.0 Å². The molecule has 1 aromatic carbocycles. The van der Waals surface area contributed by atoms with Crippen LogP contribution >= 0.6 is 0 Å². The predicted molar refractivity (Wildman–Crippen MR) is 120 cm³/mol. The van der Waals surface area contributed by atoms with E-state index in [2.05, 4.69) is 14.9 Å². The number of anilines is 1. The zero-order valence-corrected chi connectivity index (χ0v) is 19.3. The van der Waals surface area contributed by atoms with Gasteiger partial charge in [0.05, 0.1) is 4.75 Å². The first-order chi connectivity index (χ1) is 14.1. The summed E-state index contributed by atoms with van der Waals surface area (Å²) in [6.07, 6.45) is 3.54. The zero-order chi connectivity index (χ0) is 22.4. The normalized spacial score (nSPS) is 19.9. The molecule has 0 radical (unpaired) electrons. The van der Waals surface area contributed by atoms with Gasteiger partial charge >= 0.3 is 0 Å². The SMILES string of the molecule is CCN(CCNC(=O)C1CCC(NS(=O)(=O)C(C)(C)C)CC1)c1cccc(C=O)c1. The minimum Gasteiger partial charge on any atom is -0.370 e. The number of nitrogens with zero attached hydrogens (tertiary/aromatic N) is 1. The van der Waals surface area contributed by atoms with Gasteiger partial charge < -0.3 is 10.2 Å². The van der Waals surface area contributed by atoms with Gasteiger partial charge in [0.2, 0.25) is 15.9 Å². The Kier molecular flexibility index (Phi) is 8.43. The van der Waals surface area contributed by atoms with Crippen molar-refractivity contribution in [3.63, 3.8) is 0 Å². The number of sulfonamides is 1. The van der Waals surface area contributed by atoms with Gasteiger partial charge in [-0.05, 0) is 65.5 Å². The van der Waals surface area contributed by atoms with E-state index in [0.717, 1.165) is 18.5 Å². The summed E-state index contributed by atoms with van der Waals surface area (Å²) in [7, 11) is -3.37. The monoisotopic (exact) mass is 437 g/mol. The van der Waals surface area contributed by atoms with Crippen LogP contribution in [0.25, 0.3) is 0 Å². The number of likely N-dealkylation sites (N-methyl/N-ethyl adjacent to an activating group) is 1. The molecule has 168 valence electrons. The van der Waals surface area contributed by atoms with E-state index in [-0.39, 0.29) is 17.9 Å². The molecule has 30 heavy (non-hydrogen) atoms. The van der Waals surface area contributed by atoms with E-state index in [0.29, 0.717) is 44.3 Å². The molecular weight excluding hydrogens is 402 g/mol. The molecule has 8 heteroatoms. The van der Waals surface area contributed by atoms with Gasteiger partial charge in [0.15, 0.2) is 0 Å². The number of hydrogen-bond acceptors (Lipinski definition) is 5. The third-order valence-corrected chi connectivity index (χ3v) is 7.92. The molecule has 1 aromatic rings. The van der Waals surface area contributed by atoms with Crippen molar-refractivity contribution in [2.45, 2.75) is 64.2 Å². The Balaban J connectivity index is 1.79. The molecule has 2 N–H and O–H groups in total. The smallest absolute Gasteiger partial charge is 0.223 e. The number of aldehydes is 1. The molecule has 2 rings (SSSR count). The summed E-state index contributed by atoms with van der Waals surface area (Å²) in [6, 6.07) is 7.33. The first-order valence-corrected chi connectivity index (χ1v) is 12.2. The number of nitrogens with one attached hydrogen (secondary N) is 2. The van der Waals surface area contributed by atoms with Gasteiger partial charge in [-0.2, -0.15) is 0 Å². The fourth-order valence-electron chi connectivity index (χ4n) is 3.59. The second-order valence-electron chi connectivity index (χ2n) is 8.87. The molecule has 7 nitrogen and oxygen atoms in total. The van der Waals surface area contributed by atoms with Gasteiger partial charge in [-0.3, -0.25) is 9.59 Å². The molecule has 1 fully saturated rings. The lowest BCUT2D eigenvalue weighted by Gasteiger charge is -2.31. The van der Waals surface area contributed by atoms with E-state index in [9.17, 15) is 18.0 Å². The maximum absolute atomic E-state index is 12.5. The van der Waals surface area contributed by atoms with Crippen LogP contribution < -0.4 is 14.9 Å². The minimum absolute atomic E-state index is 0.0322. The highest BCUT2D eigenvalue weighted by Gasteiger charge is 2.34. The molecule has 1 amide bonds. The number of benzene rings is 1. The maximum Gasteiger partial charge on any atom is 0.223 e. The molecule has 0 saturated heterocycles. The Bertz CT molecular complexity index is 825. The van der Waals surface area contributed by atoms with E-state index < -0.39 is 14.8 Å². The fourth-order valence-corrected chi connectivity index (χ4v) is 4.62. The lowest BCUT2D eigenvalue weighted by atomic mass is 9.86. The molecule has 1 saturated carbocycles. The number of carbonyl (C=O) groups is 2. The molecule has 0 spiro atoms. The quantitative estimate of drug-likeness (QED) is 0.579. The fraction of sp³-hybridized carbons (Fsp3) is 0.636. The topological polar surface area (TPSA) is 95.6 Å². The molecule has 0 unspecified atom stereocenters. The van der Waals surface area contributed by atoms with Crippen LogP contribution in [-0.4, -0.2) is 51.0 Å². The van der Waals surface area contributed by atoms with Gasteiger partial charge in [-0.15, -0.1) is 0 Å². The van der Waals surface area contributed by atoms with E-state index in [1.54, 1.807) is 26.8 Å². The first kappa shape index (κ1) is 24.3. The minimum atomic E-state index is -3.37. The van der Waals surface area contributed by atoms with Crippen molar-refractivity contribution in [1.82, 2.24) is 10.0 Å². The predicted octanol–water partition coefficient (Wildman–Crippen LogP) is 2.72. The summed E-state index contributed by atoms with van der Waals surface area (Å²) >= 11 is 0. The van der Waals surface area contributed by atoms with Crippen molar-refractivity contribution >= 4 is 27.9 Å². The Labute approximate surface area is 180 Å². The van der Waals surface area contributed by atoms with Crippen molar-refractivity contribution in [2.24, 2.45) is 5.92 Å². The molecule has 0 aromatic heterocycles. The van der Waals surface area contributed by atoms with Crippen LogP contribution in [-0.2, 0) is 14.8 Å². The number of carbonyl (C=O) groups excluding carboxylic acids is 2. The Morgan fingerprint density at radius 1 is 1.20 bits per heavy atom. The number of amides is 1. The molecule has 0 atom stereocenters. The van der Waals surface area contributed by atoms with Crippen molar-refractivity contribution in [3.05, 3.63) is 29.8 Å². The van der Waals surface area contributed by atoms with Crippen LogP contribution in [0.5, 0.6) is 0 Å². The van der Waals surface area contributed by atoms with Crippen molar-refractivity contribution in [3.8, 4) is 0 Å². The molecule has 0 heterocycles. The largest absolute Gasteiger partial charge is 0.370 e. The highest BCUT2D eigenvalue weighted by Crippen LogP contribution is 2.26. The van der Waals surface area contributed by atoms with Gasteiger partial charge in [0.1, 0.15) is 6.29 Å². The highest BCUT2D eigenvalue weighted by molar-refractivity contribution is 7.90. The Morgan fingerprint density at radius 3 is 2.43 bits per heavy atom. The van der Waals surface area contributed by atoms with Crippen LogP contribution in [0, 0.1) is 5.92 Å². The van der Waals surface area contributed by atoms with Crippen LogP contribution in [0.3, 0.4) is 0 Å². The summed E-state index contributed by atoms with van der Waals surface area (Å²) in [4.78, 5) is 25.6.